The molecular weight excluding hydrogens is 526 g/mol. The third-order valence-corrected chi connectivity index (χ3v) is 7.09. The van der Waals surface area contributed by atoms with Gasteiger partial charge in [-0.15, -0.1) is 0 Å². The molecule has 0 spiro atoms. The summed E-state index contributed by atoms with van der Waals surface area (Å²) in [6.07, 6.45) is 2.57. The highest BCUT2D eigenvalue weighted by Gasteiger charge is 2.16. The first-order chi connectivity index (χ1) is 17.9. The van der Waals surface area contributed by atoms with E-state index in [0.29, 0.717) is 29.1 Å². The van der Waals surface area contributed by atoms with Crippen molar-refractivity contribution in [2.75, 3.05) is 0 Å². The van der Waals surface area contributed by atoms with E-state index in [1.807, 2.05) is 48.5 Å². The summed E-state index contributed by atoms with van der Waals surface area (Å²) in [6.45, 7) is 6.65. The number of fused-ring (bicyclic) bond motifs is 2. The van der Waals surface area contributed by atoms with Gasteiger partial charge in [-0.3, -0.25) is 4.79 Å². The molecule has 0 saturated carbocycles. The van der Waals surface area contributed by atoms with E-state index in [4.69, 9.17) is 14.8 Å². The molecule has 1 atom stereocenters. The van der Waals surface area contributed by atoms with Crippen LogP contribution in [0.5, 0.6) is 5.75 Å². The van der Waals surface area contributed by atoms with Crippen LogP contribution in [0, 0.1) is 6.92 Å². The van der Waals surface area contributed by atoms with Crippen molar-refractivity contribution in [2.45, 2.75) is 39.7 Å². The van der Waals surface area contributed by atoms with Crippen LogP contribution in [0.15, 0.2) is 93.2 Å². The van der Waals surface area contributed by atoms with Crippen LogP contribution in [0.25, 0.3) is 21.7 Å². The molecule has 0 saturated heterocycles. The van der Waals surface area contributed by atoms with Gasteiger partial charge in [-0.2, -0.15) is 9.78 Å². The Morgan fingerprint density at radius 2 is 1.86 bits per heavy atom. The van der Waals surface area contributed by atoms with Gasteiger partial charge in [0.15, 0.2) is 0 Å². The first-order valence-electron chi connectivity index (χ1n) is 12.4. The first-order valence-corrected chi connectivity index (χ1v) is 13.2. The molecule has 5 nitrogen and oxygen atoms in total. The van der Waals surface area contributed by atoms with Crippen LogP contribution < -0.4 is 10.3 Å². The third-order valence-electron chi connectivity index (χ3n) is 6.60. The smallest absolute Gasteiger partial charge is 0.282 e. The van der Waals surface area contributed by atoms with Crippen molar-refractivity contribution in [1.82, 2.24) is 9.66 Å². The minimum atomic E-state index is -0.194. The molecule has 0 amide bonds. The first kappa shape index (κ1) is 24.9. The van der Waals surface area contributed by atoms with Crippen molar-refractivity contribution in [1.29, 1.82) is 0 Å². The molecule has 1 heterocycles. The summed E-state index contributed by atoms with van der Waals surface area (Å²) in [5.41, 5.74) is 3.58. The van der Waals surface area contributed by atoms with Gasteiger partial charge in [-0.05, 0) is 53.9 Å². The van der Waals surface area contributed by atoms with E-state index in [1.165, 1.54) is 10.2 Å². The lowest BCUT2D eigenvalue weighted by Crippen LogP contribution is -2.23. The van der Waals surface area contributed by atoms with E-state index < -0.39 is 0 Å². The number of hydrogen-bond donors (Lipinski definition) is 0. The lowest BCUT2D eigenvalue weighted by Gasteiger charge is -2.15. The molecular formula is C31H28BrN3O2. The maximum absolute atomic E-state index is 13.6. The summed E-state index contributed by atoms with van der Waals surface area (Å²) < 4.78 is 8.55. The molecule has 0 aliphatic carbocycles. The number of hydrogen-bond acceptors (Lipinski definition) is 4. The normalized spacial score (nSPS) is 12.4. The number of nitrogens with zero attached hydrogens (tertiary/aromatic N) is 3. The standard InChI is InChI=1S/C31H28BrN3O2/c1-4-21(3)30-34-28-14-13-24(32)17-26(28)31(36)35(30)33-18-27-25-11-6-5-10-23(25)12-15-29(27)37-19-22-9-7-8-20(2)16-22/h5-18,21H,4,19H2,1-3H3/t21-/m0/s1. The summed E-state index contributed by atoms with van der Waals surface area (Å²) in [4.78, 5) is 18.4. The minimum Gasteiger partial charge on any atom is -0.488 e. The maximum Gasteiger partial charge on any atom is 0.282 e. The minimum absolute atomic E-state index is 0.0578. The fourth-order valence-electron chi connectivity index (χ4n) is 4.39. The lowest BCUT2D eigenvalue weighted by molar-refractivity contribution is 0.306. The van der Waals surface area contributed by atoms with Gasteiger partial charge < -0.3 is 4.74 Å². The number of halogens is 1. The second kappa shape index (κ2) is 10.7. The molecule has 0 fully saturated rings. The molecule has 0 aliphatic rings. The van der Waals surface area contributed by atoms with Crippen molar-refractivity contribution in [3.05, 3.63) is 116 Å². The average molecular weight is 554 g/mol. The predicted octanol–water partition coefficient (Wildman–Crippen LogP) is 7.60. The zero-order chi connectivity index (χ0) is 25.9. The van der Waals surface area contributed by atoms with Gasteiger partial charge in [0.1, 0.15) is 18.2 Å². The van der Waals surface area contributed by atoms with Gasteiger partial charge >= 0.3 is 0 Å². The quantitative estimate of drug-likeness (QED) is 0.195. The van der Waals surface area contributed by atoms with Crippen LogP contribution in [-0.4, -0.2) is 15.9 Å². The average Bonchev–Trinajstić information content (AvgIpc) is 2.91. The highest BCUT2D eigenvalue weighted by molar-refractivity contribution is 9.10. The Morgan fingerprint density at radius 1 is 1.03 bits per heavy atom. The molecule has 6 heteroatoms. The van der Waals surface area contributed by atoms with Gasteiger partial charge in [0.05, 0.1) is 17.1 Å². The van der Waals surface area contributed by atoms with E-state index in [9.17, 15) is 4.79 Å². The zero-order valence-electron chi connectivity index (χ0n) is 21.1. The summed E-state index contributed by atoms with van der Waals surface area (Å²) in [5.74, 6) is 1.40. The Hall–Kier alpha value is -3.77. The SMILES string of the molecule is CC[C@H](C)c1nc2ccc(Br)cc2c(=O)n1N=Cc1c(OCc2cccc(C)c2)ccc2ccccc12. The van der Waals surface area contributed by atoms with Gasteiger partial charge in [0.25, 0.3) is 5.56 Å². The Balaban J connectivity index is 1.63. The monoisotopic (exact) mass is 553 g/mol. The van der Waals surface area contributed by atoms with Gasteiger partial charge in [0, 0.05) is 16.0 Å². The van der Waals surface area contributed by atoms with E-state index in [-0.39, 0.29) is 11.5 Å². The van der Waals surface area contributed by atoms with Crippen molar-refractivity contribution < 1.29 is 4.74 Å². The molecule has 37 heavy (non-hydrogen) atoms. The van der Waals surface area contributed by atoms with Crippen molar-refractivity contribution in [2.24, 2.45) is 5.10 Å². The van der Waals surface area contributed by atoms with E-state index in [0.717, 1.165) is 32.8 Å². The Kier molecular flexibility index (Phi) is 7.19. The van der Waals surface area contributed by atoms with Crippen LogP contribution in [0.3, 0.4) is 0 Å². The number of benzene rings is 4. The second-order valence-electron chi connectivity index (χ2n) is 9.28. The van der Waals surface area contributed by atoms with Gasteiger partial charge in [-0.25, -0.2) is 4.98 Å². The molecule has 0 radical (unpaired) electrons. The largest absolute Gasteiger partial charge is 0.488 e. The number of ether oxygens (including phenoxy) is 1. The van der Waals surface area contributed by atoms with E-state index >= 15 is 0 Å². The second-order valence-corrected chi connectivity index (χ2v) is 10.2. The third kappa shape index (κ3) is 5.20. The van der Waals surface area contributed by atoms with Gasteiger partial charge in [-0.1, -0.05) is 89.9 Å². The highest BCUT2D eigenvalue weighted by atomic mass is 79.9. The number of aromatic nitrogens is 2. The molecule has 0 unspecified atom stereocenters. The zero-order valence-corrected chi connectivity index (χ0v) is 22.7. The Morgan fingerprint density at radius 3 is 2.68 bits per heavy atom. The predicted molar refractivity (Wildman–Crippen MR) is 155 cm³/mol. The molecule has 0 aliphatic heterocycles. The van der Waals surface area contributed by atoms with Crippen LogP contribution in [0.4, 0.5) is 0 Å². The fraction of sp³-hybridized carbons (Fsp3) is 0.194. The maximum atomic E-state index is 13.6. The molecule has 1 aromatic heterocycles. The van der Waals surface area contributed by atoms with Crippen LogP contribution in [0.1, 0.15) is 48.7 Å². The van der Waals surface area contributed by atoms with Crippen molar-refractivity contribution in [3.63, 3.8) is 0 Å². The fourth-order valence-corrected chi connectivity index (χ4v) is 4.75. The molecule has 186 valence electrons. The Bertz CT molecular complexity index is 1690. The Labute approximate surface area is 224 Å². The summed E-state index contributed by atoms with van der Waals surface area (Å²) in [6, 6.07) is 26.0. The van der Waals surface area contributed by atoms with Crippen LogP contribution in [-0.2, 0) is 6.61 Å². The van der Waals surface area contributed by atoms with Crippen molar-refractivity contribution in [3.8, 4) is 5.75 Å². The molecule has 5 rings (SSSR count). The van der Waals surface area contributed by atoms with E-state index in [1.54, 1.807) is 12.3 Å². The molecule has 0 bridgehead atoms. The summed E-state index contributed by atoms with van der Waals surface area (Å²) >= 11 is 3.47. The highest BCUT2D eigenvalue weighted by Crippen LogP contribution is 2.28. The number of rotatable bonds is 7. The summed E-state index contributed by atoms with van der Waals surface area (Å²) in [7, 11) is 0. The van der Waals surface area contributed by atoms with E-state index in [2.05, 4.69) is 61.0 Å². The van der Waals surface area contributed by atoms with Crippen LogP contribution in [0.2, 0.25) is 0 Å². The molecule has 4 aromatic carbocycles. The molecule has 0 N–H and O–H groups in total. The molecule has 5 aromatic rings. The lowest BCUT2D eigenvalue weighted by atomic mass is 10.0. The summed E-state index contributed by atoms with van der Waals surface area (Å²) in [5, 5.41) is 7.32. The topological polar surface area (TPSA) is 56.5 Å². The van der Waals surface area contributed by atoms with Crippen molar-refractivity contribution >= 4 is 43.8 Å². The number of aryl methyl sites for hydroxylation is 1. The van der Waals surface area contributed by atoms with Gasteiger partial charge in [0.2, 0.25) is 0 Å². The van der Waals surface area contributed by atoms with Crippen LogP contribution >= 0.6 is 15.9 Å².